The highest BCUT2D eigenvalue weighted by Gasteiger charge is 2.40. The summed E-state index contributed by atoms with van der Waals surface area (Å²) in [6.07, 6.45) is 1.73. The van der Waals surface area contributed by atoms with E-state index in [0.717, 1.165) is 29.1 Å². The van der Waals surface area contributed by atoms with Crippen molar-refractivity contribution >= 4 is 38.7 Å². The molecule has 2 aromatic heterocycles. The Morgan fingerprint density at radius 2 is 2.09 bits per heavy atom. The normalized spacial score (nSPS) is 15.2. The monoisotopic (exact) mass is 357 g/mol. The molecule has 1 fully saturated rings. The van der Waals surface area contributed by atoms with E-state index in [1.807, 2.05) is 17.5 Å². The smallest absolute Gasteiger partial charge is 0.349 e. The van der Waals surface area contributed by atoms with Gasteiger partial charge in [-0.25, -0.2) is 13.2 Å². The molecule has 1 aliphatic rings. The topological polar surface area (TPSA) is 63.7 Å². The van der Waals surface area contributed by atoms with E-state index in [0.29, 0.717) is 6.54 Å². The van der Waals surface area contributed by atoms with Crippen molar-refractivity contribution in [3.05, 3.63) is 38.7 Å². The molecular weight excluding hydrogens is 342 g/mol. The zero-order valence-corrected chi connectivity index (χ0v) is 14.3. The fourth-order valence-corrected chi connectivity index (χ4v) is 5.95. The molecule has 22 heavy (non-hydrogen) atoms. The number of thiophene rings is 2. The fourth-order valence-electron chi connectivity index (χ4n) is 2.20. The number of carbonyl (C=O) groups excluding carboxylic acids is 1. The number of hydrogen-bond donors (Lipinski definition) is 0. The van der Waals surface area contributed by atoms with Crippen LogP contribution in [-0.4, -0.2) is 31.8 Å². The Morgan fingerprint density at radius 1 is 1.32 bits per heavy atom. The molecule has 0 spiro atoms. The lowest BCUT2D eigenvalue weighted by molar-refractivity contribution is 0.0602. The van der Waals surface area contributed by atoms with Gasteiger partial charge < -0.3 is 4.74 Å². The van der Waals surface area contributed by atoms with Crippen molar-refractivity contribution in [2.75, 3.05) is 7.11 Å². The predicted molar refractivity (Wildman–Crippen MR) is 85.7 cm³/mol. The fraction of sp³-hybridized carbons (Fsp3) is 0.357. The van der Waals surface area contributed by atoms with Gasteiger partial charge in [-0.3, -0.25) is 0 Å². The largest absolute Gasteiger partial charge is 0.465 e. The molecule has 1 aliphatic carbocycles. The first-order valence-corrected chi connectivity index (χ1v) is 9.94. The van der Waals surface area contributed by atoms with Gasteiger partial charge in [-0.05, 0) is 35.7 Å². The van der Waals surface area contributed by atoms with E-state index in [-0.39, 0.29) is 15.8 Å². The third-order valence-electron chi connectivity index (χ3n) is 3.43. The van der Waals surface area contributed by atoms with E-state index in [2.05, 4.69) is 4.74 Å². The molecule has 0 saturated heterocycles. The van der Waals surface area contributed by atoms with E-state index in [4.69, 9.17) is 0 Å². The van der Waals surface area contributed by atoms with Gasteiger partial charge in [-0.2, -0.15) is 4.31 Å². The molecule has 2 aromatic rings. The number of ether oxygens (including phenoxy) is 1. The van der Waals surface area contributed by atoms with E-state index >= 15 is 0 Å². The van der Waals surface area contributed by atoms with Crippen LogP contribution < -0.4 is 0 Å². The Balaban J connectivity index is 1.96. The van der Waals surface area contributed by atoms with Crippen molar-refractivity contribution in [3.8, 4) is 0 Å². The highest BCUT2D eigenvalue weighted by atomic mass is 32.2. The Labute approximate surface area is 137 Å². The van der Waals surface area contributed by atoms with Gasteiger partial charge >= 0.3 is 5.97 Å². The first-order valence-electron chi connectivity index (χ1n) is 6.74. The van der Waals surface area contributed by atoms with Crippen LogP contribution in [0.5, 0.6) is 0 Å². The summed E-state index contributed by atoms with van der Waals surface area (Å²) in [4.78, 5) is 13.0. The van der Waals surface area contributed by atoms with Crippen LogP contribution in [0.4, 0.5) is 0 Å². The summed E-state index contributed by atoms with van der Waals surface area (Å²) >= 11 is 2.62. The van der Waals surface area contributed by atoms with Crippen LogP contribution in [-0.2, 0) is 21.3 Å². The van der Waals surface area contributed by atoms with Gasteiger partial charge in [0, 0.05) is 17.5 Å². The highest BCUT2D eigenvalue weighted by Crippen LogP contribution is 2.36. The third-order valence-corrected chi connectivity index (χ3v) is 7.26. The first-order chi connectivity index (χ1) is 10.5. The van der Waals surface area contributed by atoms with E-state index < -0.39 is 16.0 Å². The van der Waals surface area contributed by atoms with Crippen molar-refractivity contribution < 1.29 is 17.9 Å². The van der Waals surface area contributed by atoms with Crippen molar-refractivity contribution in [1.82, 2.24) is 4.31 Å². The molecule has 0 atom stereocenters. The molecule has 8 heteroatoms. The minimum absolute atomic E-state index is 0.0255. The number of rotatable bonds is 6. The standard InChI is InChI=1S/C14H15NO4S3/c1-19-14(16)13-12(6-8-21-13)22(17,18)15(10-4-5-10)9-11-3-2-7-20-11/h2-3,6-8,10H,4-5,9H2,1H3. The molecule has 0 N–H and O–H groups in total. The molecule has 2 heterocycles. The summed E-state index contributed by atoms with van der Waals surface area (Å²) < 4.78 is 32.1. The maximum absolute atomic E-state index is 13.0. The lowest BCUT2D eigenvalue weighted by Crippen LogP contribution is -2.33. The Hall–Kier alpha value is -1.22. The van der Waals surface area contributed by atoms with Gasteiger partial charge in [0.05, 0.1) is 7.11 Å². The number of sulfonamides is 1. The maximum Gasteiger partial charge on any atom is 0.349 e. The quantitative estimate of drug-likeness (QED) is 0.746. The minimum Gasteiger partial charge on any atom is -0.465 e. The summed E-state index contributed by atoms with van der Waals surface area (Å²) in [7, 11) is -2.45. The highest BCUT2D eigenvalue weighted by molar-refractivity contribution is 7.89. The van der Waals surface area contributed by atoms with E-state index in [1.54, 1.807) is 5.38 Å². The number of hydrogen-bond acceptors (Lipinski definition) is 6. The number of carbonyl (C=O) groups is 1. The Kier molecular flexibility index (Phi) is 4.35. The molecule has 0 aromatic carbocycles. The molecule has 0 unspecified atom stereocenters. The first kappa shape index (κ1) is 15.7. The molecule has 0 aliphatic heterocycles. The summed E-state index contributed by atoms with van der Waals surface area (Å²) in [5.41, 5.74) is 0. The van der Waals surface area contributed by atoms with Crippen molar-refractivity contribution in [2.45, 2.75) is 30.3 Å². The van der Waals surface area contributed by atoms with Gasteiger partial charge in [0.15, 0.2) is 0 Å². The average Bonchev–Trinajstić information content (AvgIpc) is 3.02. The zero-order chi connectivity index (χ0) is 15.7. The molecule has 3 rings (SSSR count). The van der Waals surface area contributed by atoms with Gasteiger partial charge in [-0.1, -0.05) is 6.07 Å². The molecular formula is C14H15NO4S3. The Morgan fingerprint density at radius 3 is 2.68 bits per heavy atom. The number of methoxy groups -OCH3 is 1. The molecule has 0 radical (unpaired) electrons. The second-order valence-corrected chi connectivity index (χ2v) is 8.77. The second-order valence-electron chi connectivity index (χ2n) is 4.97. The maximum atomic E-state index is 13.0. The van der Waals surface area contributed by atoms with Crippen molar-refractivity contribution in [1.29, 1.82) is 0 Å². The van der Waals surface area contributed by atoms with Crippen LogP contribution >= 0.6 is 22.7 Å². The average molecular weight is 357 g/mol. The SMILES string of the molecule is COC(=O)c1sccc1S(=O)(=O)N(Cc1cccs1)C1CC1. The summed E-state index contributed by atoms with van der Waals surface area (Å²) in [5.74, 6) is -0.611. The molecule has 1 saturated carbocycles. The molecule has 118 valence electrons. The van der Waals surface area contributed by atoms with Gasteiger partial charge in [0.2, 0.25) is 10.0 Å². The van der Waals surface area contributed by atoms with Crippen LogP contribution in [0.2, 0.25) is 0 Å². The number of esters is 1. The van der Waals surface area contributed by atoms with Crippen LogP contribution in [0.25, 0.3) is 0 Å². The van der Waals surface area contributed by atoms with Crippen molar-refractivity contribution in [3.63, 3.8) is 0 Å². The lowest BCUT2D eigenvalue weighted by atomic mass is 10.4. The third kappa shape index (κ3) is 2.96. The van der Waals surface area contributed by atoms with E-state index in [1.165, 1.54) is 28.8 Å². The Bertz CT molecular complexity index is 760. The van der Waals surface area contributed by atoms with Crippen LogP contribution in [0, 0.1) is 0 Å². The molecule has 0 amide bonds. The predicted octanol–water partition coefficient (Wildman–Crippen LogP) is 2.95. The number of nitrogens with zero attached hydrogens (tertiary/aromatic N) is 1. The summed E-state index contributed by atoms with van der Waals surface area (Å²) in [6, 6.07) is 5.33. The van der Waals surface area contributed by atoms with Gasteiger partial charge in [0.25, 0.3) is 0 Å². The molecule has 0 bridgehead atoms. The lowest BCUT2D eigenvalue weighted by Gasteiger charge is -2.21. The van der Waals surface area contributed by atoms with Crippen LogP contribution in [0.15, 0.2) is 33.9 Å². The van der Waals surface area contributed by atoms with Crippen molar-refractivity contribution in [2.24, 2.45) is 0 Å². The van der Waals surface area contributed by atoms with Crippen LogP contribution in [0.3, 0.4) is 0 Å². The summed E-state index contributed by atoms with van der Waals surface area (Å²) in [5, 5.41) is 3.53. The second kappa shape index (κ2) is 6.11. The zero-order valence-electron chi connectivity index (χ0n) is 11.9. The summed E-state index contributed by atoms with van der Waals surface area (Å²) in [6.45, 7) is 0.348. The molecule has 5 nitrogen and oxygen atoms in total. The minimum atomic E-state index is -3.71. The van der Waals surface area contributed by atoms with Crippen LogP contribution in [0.1, 0.15) is 27.4 Å². The van der Waals surface area contributed by atoms with E-state index in [9.17, 15) is 13.2 Å². The van der Waals surface area contributed by atoms with Gasteiger partial charge in [-0.15, -0.1) is 22.7 Å². The van der Waals surface area contributed by atoms with Gasteiger partial charge in [0.1, 0.15) is 9.77 Å².